The summed E-state index contributed by atoms with van der Waals surface area (Å²) in [5.41, 5.74) is 0.939. The Morgan fingerprint density at radius 2 is 2.33 bits per heavy atom. The molecule has 1 unspecified atom stereocenters. The molecule has 0 saturated carbocycles. The first kappa shape index (κ1) is 9.45. The summed E-state index contributed by atoms with van der Waals surface area (Å²) in [5, 5.41) is 0. The van der Waals surface area contributed by atoms with Crippen molar-refractivity contribution in [2.75, 3.05) is 0 Å². The van der Waals surface area contributed by atoms with Crippen LogP contribution < -0.4 is 4.74 Å². The van der Waals surface area contributed by atoms with Gasteiger partial charge >= 0.3 is 0 Å². The quantitative estimate of drug-likeness (QED) is 0.734. The first-order valence-corrected chi connectivity index (χ1v) is 4.32. The fraction of sp³-hybridized carbons (Fsp3) is 0.375. The summed E-state index contributed by atoms with van der Waals surface area (Å²) in [5.74, 6) is 0.435. The molecule has 1 aromatic rings. The molecular formula is C8H9BrFNO. The largest absolute Gasteiger partial charge is 0.458 e. The van der Waals surface area contributed by atoms with Crippen molar-refractivity contribution in [3.63, 3.8) is 0 Å². The molecule has 4 heteroatoms. The van der Waals surface area contributed by atoms with Crippen LogP contribution in [0.3, 0.4) is 0 Å². The van der Waals surface area contributed by atoms with Crippen LogP contribution in [0.25, 0.3) is 0 Å². The van der Waals surface area contributed by atoms with Gasteiger partial charge in [0.1, 0.15) is 4.60 Å². The molecule has 0 aliphatic heterocycles. The van der Waals surface area contributed by atoms with Gasteiger partial charge in [-0.05, 0) is 34.5 Å². The molecule has 0 fully saturated rings. The van der Waals surface area contributed by atoms with Gasteiger partial charge in [0.25, 0.3) is 0 Å². The summed E-state index contributed by atoms with van der Waals surface area (Å²) >= 11 is 3.16. The highest BCUT2D eigenvalue weighted by atomic mass is 79.9. The van der Waals surface area contributed by atoms with E-state index in [9.17, 15) is 4.39 Å². The lowest BCUT2D eigenvalue weighted by Gasteiger charge is -2.08. The summed E-state index contributed by atoms with van der Waals surface area (Å²) in [6.07, 6.45) is 0.365. The Balaban J connectivity index is 2.90. The molecule has 1 atom stereocenters. The van der Waals surface area contributed by atoms with Crippen LogP contribution in [0.1, 0.15) is 12.5 Å². The number of aryl methyl sites for hydroxylation is 1. The molecule has 1 heterocycles. The van der Waals surface area contributed by atoms with Crippen molar-refractivity contribution in [1.29, 1.82) is 0 Å². The lowest BCUT2D eigenvalue weighted by molar-refractivity contribution is 0.0846. The van der Waals surface area contributed by atoms with Gasteiger partial charge < -0.3 is 4.74 Å². The first-order chi connectivity index (χ1) is 5.59. The van der Waals surface area contributed by atoms with E-state index < -0.39 is 6.36 Å². The second kappa shape index (κ2) is 3.85. The monoisotopic (exact) mass is 233 g/mol. The van der Waals surface area contributed by atoms with Crippen LogP contribution in [-0.4, -0.2) is 11.3 Å². The van der Waals surface area contributed by atoms with E-state index in [0.717, 1.165) is 5.56 Å². The minimum Gasteiger partial charge on any atom is -0.458 e. The Kier molecular flexibility index (Phi) is 3.03. The average molecular weight is 234 g/mol. The number of rotatable bonds is 2. The summed E-state index contributed by atoms with van der Waals surface area (Å²) in [6.45, 7) is 3.20. The molecule has 0 bridgehead atoms. The predicted molar refractivity (Wildman–Crippen MR) is 47.9 cm³/mol. The Hall–Kier alpha value is -0.640. The Morgan fingerprint density at radius 1 is 1.67 bits per heavy atom. The van der Waals surface area contributed by atoms with Crippen LogP contribution in [0.4, 0.5) is 4.39 Å². The topological polar surface area (TPSA) is 22.1 Å². The fourth-order valence-electron chi connectivity index (χ4n) is 0.783. The van der Waals surface area contributed by atoms with Crippen LogP contribution in [0.5, 0.6) is 5.75 Å². The highest BCUT2D eigenvalue weighted by Crippen LogP contribution is 2.24. The molecular weight excluding hydrogens is 225 g/mol. The van der Waals surface area contributed by atoms with Crippen molar-refractivity contribution in [3.05, 3.63) is 22.4 Å². The van der Waals surface area contributed by atoms with Gasteiger partial charge in [-0.1, -0.05) is 0 Å². The van der Waals surface area contributed by atoms with E-state index in [1.54, 1.807) is 12.3 Å². The van der Waals surface area contributed by atoms with Crippen molar-refractivity contribution >= 4 is 15.9 Å². The minimum absolute atomic E-state index is 0.435. The zero-order valence-electron chi connectivity index (χ0n) is 6.84. The maximum absolute atomic E-state index is 12.4. The van der Waals surface area contributed by atoms with Crippen LogP contribution >= 0.6 is 15.9 Å². The zero-order chi connectivity index (χ0) is 9.14. The van der Waals surface area contributed by atoms with Gasteiger partial charge in [0.2, 0.25) is 6.36 Å². The van der Waals surface area contributed by atoms with E-state index >= 15 is 0 Å². The third kappa shape index (κ3) is 2.44. The molecule has 0 aliphatic rings. The third-order valence-electron chi connectivity index (χ3n) is 1.23. The molecule has 0 N–H and O–H groups in total. The Labute approximate surface area is 78.9 Å². The van der Waals surface area contributed by atoms with Crippen molar-refractivity contribution in [3.8, 4) is 5.75 Å². The molecule has 0 saturated heterocycles. The van der Waals surface area contributed by atoms with Crippen molar-refractivity contribution in [2.24, 2.45) is 0 Å². The molecule has 66 valence electrons. The molecule has 0 amide bonds. The van der Waals surface area contributed by atoms with E-state index in [1.807, 2.05) is 6.92 Å². The minimum atomic E-state index is -1.31. The maximum Gasteiger partial charge on any atom is 0.235 e. The number of halogens is 2. The SMILES string of the molecule is Cc1cnc(Br)c(OC(C)F)c1. The Morgan fingerprint density at radius 3 is 2.92 bits per heavy atom. The average Bonchev–Trinajstić information content (AvgIpc) is 1.96. The summed E-state index contributed by atoms with van der Waals surface area (Å²) < 4.78 is 17.8. The molecule has 12 heavy (non-hydrogen) atoms. The van der Waals surface area contributed by atoms with E-state index in [4.69, 9.17) is 4.74 Å². The van der Waals surface area contributed by atoms with Crippen molar-refractivity contribution < 1.29 is 9.13 Å². The zero-order valence-corrected chi connectivity index (χ0v) is 8.43. The molecule has 1 aromatic heterocycles. The van der Waals surface area contributed by atoms with Crippen LogP contribution in [0.2, 0.25) is 0 Å². The number of pyridine rings is 1. The molecule has 0 aliphatic carbocycles. The summed E-state index contributed by atoms with van der Waals surface area (Å²) in [7, 11) is 0. The third-order valence-corrected chi connectivity index (χ3v) is 1.83. The molecule has 2 nitrogen and oxygen atoms in total. The van der Waals surface area contributed by atoms with Crippen LogP contribution in [0.15, 0.2) is 16.9 Å². The Bertz CT molecular complexity index is 278. The number of aromatic nitrogens is 1. The maximum atomic E-state index is 12.4. The lowest BCUT2D eigenvalue weighted by atomic mass is 10.3. The van der Waals surface area contributed by atoms with Gasteiger partial charge in [-0.2, -0.15) is 0 Å². The fourth-order valence-corrected chi connectivity index (χ4v) is 1.09. The number of alkyl halides is 1. The van der Waals surface area contributed by atoms with Crippen molar-refractivity contribution in [1.82, 2.24) is 4.98 Å². The van der Waals surface area contributed by atoms with Crippen LogP contribution in [0, 0.1) is 6.92 Å². The normalized spacial score (nSPS) is 12.7. The molecule has 0 spiro atoms. The molecule has 0 aromatic carbocycles. The van der Waals surface area contributed by atoms with Crippen LogP contribution in [-0.2, 0) is 0 Å². The summed E-state index contributed by atoms with van der Waals surface area (Å²) in [6, 6.07) is 1.73. The van der Waals surface area contributed by atoms with E-state index in [0.29, 0.717) is 10.4 Å². The first-order valence-electron chi connectivity index (χ1n) is 3.52. The number of hydrogen-bond acceptors (Lipinski definition) is 2. The second-order valence-corrected chi connectivity index (χ2v) is 3.21. The van der Waals surface area contributed by atoms with E-state index in [2.05, 4.69) is 20.9 Å². The van der Waals surface area contributed by atoms with Gasteiger partial charge in [0, 0.05) is 13.1 Å². The van der Waals surface area contributed by atoms with Gasteiger partial charge in [-0.15, -0.1) is 0 Å². The highest BCUT2D eigenvalue weighted by molar-refractivity contribution is 9.10. The number of nitrogens with zero attached hydrogens (tertiary/aromatic N) is 1. The molecule has 0 radical (unpaired) electrons. The van der Waals surface area contributed by atoms with Gasteiger partial charge in [-0.3, -0.25) is 0 Å². The van der Waals surface area contributed by atoms with Gasteiger partial charge in [0.15, 0.2) is 5.75 Å². The van der Waals surface area contributed by atoms with E-state index in [1.165, 1.54) is 6.92 Å². The smallest absolute Gasteiger partial charge is 0.235 e. The summed E-state index contributed by atoms with van der Waals surface area (Å²) in [4.78, 5) is 3.96. The predicted octanol–water partition coefficient (Wildman–Crippen LogP) is 2.85. The molecule has 1 rings (SSSR count). The lowest BCUT2D eigenvalue weighted by Crippen LogP contribution is -2.04. The number of ether oxygens (including phenoxy) is 1. The number of hydrogen-bond donors (Lipinski definition) is 0. The standard InChI is InChI=1S/C8H9BrFNO/c1-5-3-7(12-6(2)10)8(9)11-4-5/h3-4,6H,1-2H3. The van der Waals surface area contributed by atoms with Gasteiger partial charge in [0.05, 0.1) is 0 Å². The highest BCUT2D eigenvalue weighted by Gasteiger charge is 2.05. The van der Waals surface area contributed by atoms with Crippen molar-refractivity contribution in [2.45, 2.75) is 20.2 Å². The van der Waals surface area contributed by atoms with E-state index in [-0.39, 0.29) is 0 Å². The van der Waals surface area contributed by atoms with Gasteiger partial charge in [-0.25, -0.2) is 9.37 Å². The second-order valence-electron chi connectivity index (χ2n) is 2.46.